The Balaban J connectivity index is 1.52. The molecule has 2 aliphatic heterocycles. The third-order valence-corrected chi connectivity index (χ3v) is 4.95. The molecule has 2 N–H and O–H groups in total. The molecule has 0 aromatic rings. The van der Waals surface area contributed by atoms with E-state index in [1.807, 2.05) is 9.80 Å². The van der Waals surface area contributed by atoms with Crippen molar-refractivity contribution in [1.29, 1.82) is 0 Å². The van der Waals surface area contributed by atoms with Crippen LogP contribution < -0.4 is 10.6 Å². The van der Waals surface area contributed by atoms with Gasteiger partial charge in [-0.15, -0.1) is 0 Å². The normalized spacial score (nSPS) is 27.6. The van der Waals surface area contributed by atoms with Crippen LogP contribution in [0.5, 0.6) is 0 Å². The summed E-state index contributed by atoms with van der Waals surface area (Å²) in [5, 5.41) is 6.02. The zero-order valence-electron chi connectivity index (χ0n) is 12.6. The summed E-state index contributed by atoms with van der Waals surface area (Å²) >= 11 is 0. The second kappa shape index (κ2) is 6.54. The van der Waals surface area contributed by atoms with Crippen LogP contribution in [0.15, 0.2) is 0 Å². The number of nitrogens with zero attached hydrogens (tertiary/aromatic N) is 2. The van der Waals surface area contributed by atoms with E-state index in [2.05, 4.69) is 10.6 Å². The molecule has 0 bridgehead atoms. The Labute approximate surface area is 126 Å². The van der Waals surface area contributed by atoms with Crippen LogP contribution in [0.4, 0.5) is 9.59 Å². The molecular weight excluding hydrogens is 268 g/mol. The molecule has 0 spiro atoms. The maximum Gasteiger partial charge on any atom is 0.317 e. The third-order valence-electron chi connectivity index (χ3n) is 4.95. The second-order valence-corrected chi connectivity index (χ2v) is 6.45. The SMILES string of the molecule is O=C(NC1CCCCC1)N1CCC[C@@H](N2CCNC2=O)C1. The van der Waals surface area contributed by atoms with E-state index in [4.69, 9.17) is 0 Å². The van der Waals surface area contributed by atoms with Crippen LogP contribution in [0, 0.1) is 0 Å². The first-order valence-corrected chi connectivity index (χ1v) is 8.34. The van der Waals surface area contributed by atoms with E-state index in [0.717, 1.165) is 45.3 Å². The van der Waals surface area contributed by atoms with E-state index in [9.17, 15) is 9.59 Å². The van der Waals surface area contributed by atoms with Gasteiger partial charge in [-0.1, -0.05) is 19.3 Å². The number of hydrogen-bond acceptors (Lipinski definition) is 2. The third kappa shape index (κ3) is 3.41. The smallest absolute Gasteiger partial charge is 0.317 e. The molecule has 1 atom stereocenters. The van der Waals surface area contributed by atoms with Gasteiger partial charge in [0.2, 0.25) is 0 Å². The van der Waals surface area contributed by atoms with Gasteiger partial charge < -0.3 is 20.4 Å². The highest BCUT2D eigenvalue weighted by Crippen LogP contribution is 2.20. The zero-order chi connectivity index (χ0) is 14.7. The van der Waals surface area contributed by atoms with Crippen LogP contribution in [0.2, 0.25) is 0 Å². The fraction of sp³-hybridized carbons (Fsp3) is 0.867. The molecule has 0 radical (unpaired) electrons. The molecule has 1 saturated carbocycles. The maximum atomic E-state index is 12.4. The number of rotatable bonds is 2. The summed E-state index contributed by atoms with van der Waals surface area (Å²) in [5.41, 5.74) is 0. The zero-order valence-corrected chi connectivity index (χ0v) is 12.6. The standard InChI is InChI=1S/C15H26N4O2/c20-14-16-8-10-19(14)13-7-4-9-18(11-13)15(21)17-12-5-2-1-3-6-12/h12-13H,1-11H2,(H,16,20)(H,17,21)/t13-/m1/s1. The minimum atomic E-state index is 0.0227. The molecule has 0 aromatic heterocycles. The second-order valence-electron chi connectivity index (χ2n) is 6.45. The highest BCUT2D eigenvalue weighted by molar-refractivity contribution is 5.77. The van der Waals surface area contributed by atoms with Crippen molar-refractivity contribution in [2.24, 2.45) is 0 Å². The summed E-state index contributed by atoms with van der Waals surface area (Å²) in [6.45, 7) is 2.97. The maximum absolute atomic E-state index is 12.4. The van der Waals surface area contributed by atoms with Crippen molar-refractivity contribution in [3.05, 3.63) is 0 Å². The molecule has 21 heavy (non-hydrogen) atoms. The molecule has 2 saturated heterocycles. The lowest BCUT2D eigenvalue weighted by molar-refractivity contribution is 0.130. The summed E-state index contributed by atoms with van der Waals surface area (Å²) in [6.07, 6.45) is 7.94. The predicted octanol–water partition coefficient (Wildman–Crippen LogP) is 1.52. The quantitative estimate of drug-likeness (QED) is 0.811. The number of urea groups is 2. The van der Waals surface area contributed by atoms with Crippen molar-refractivity contribution < 1.29 is 9.59 Å². The van der Waals surface area contributed by atoms with Crippen LogP contribution in [0.3, 0.4) is 0 Å². The monoisotopic (exact) mass is 294 g/mol. The molecule has 4 amide bonds. The van der Waals surface area contributed by atoms with Crippen LogP contribution in [-0.4, -0.2) is 60.1 Å². The summed E-state index contributed by atoms with van der Waals surface area (Å²) < 4.78 is 0. The minimum Gasteiger partial charge on any atom is -0.336 e. The Bertz CT molecular complexity index is 395. The molecule has 2 heterocycles. The van der Waals surface area contributed by atoms with Crippen LogP contribution in [0.25, 0.3) is 0 Å². The highest BCUT2D eigenvalue weighted by Gasteiger charge is 2.33. The molecule has 1 aliphatic carbocycles. The van der Waals surface area contributed by atoms with Crippen molar-refractivity contribution in [1.82, 2.24) is 20.4 Å². The molecule has 0 unspecified atom stereocenters. The number of amides is 4. The molecule has 6 heteroatoms. The molecule has 3 aliphatic rings. The van der Waals surface area contributed by atoms with Crippen LogP contribution >= 0.6 is 0 Å². The van der Waals surface area contributed by atoms with Gasteiger partial charge in [0.25, 0.3) is 0 Å². The largest absolute Gasteiger partial charge is 0.336 e. The van der Waals surface area contributed by atoms with E-state index in [0.29, 0.717) is 12.6 Å². The van der Waals surface area contributed by atoms with Crippen molar-refractivity contribution in [2.45, 2.75) is 57.0 Å². The van der Waals surface area contributed by atoms with Gasteiger partial charge in [0.1, 0.15) is 0 Å². The van der Waals surface area contributed by atoms with Crippen molar-refractivity contribution in [3.63, 3.8) is 0 Å². The lowest BCUT2D eigenvalue weighted by Gasteiger charge is -2.38. The van der Waals surface area contributed by atoms with E-state index in [1.165, 1.54) is 19.3 Å². The lowest BCUT2D eigenvalue weighted by atomic mass is 9.95. The first-order chi connectivity index (χ1) is 10.2. The van der Waals surface area contributed by atoms with Gasteiger partial charge in [-0.25, -0.2) is 9.59 Å². The van der Waals surface area contributed by atoms with Crippen LogP contribution in [-0.2, 0) is 0 Å². The van der Waals surface area contributed by atoms with Crippen molar-refractivity contribution >= 4 is 12.1 Å². The molecule has 6 nitrogen and oxygen atoms in total. The van der Waals surface area contributed by atoms with E-state index < -0.39 is 0 Å². The summed E-state index contributed by atoms with van der Waals surface area (Å²) in [7, 11) is 0. The average molecular weight is 294 g/mol. The Morgan fingerprint density at radius 1 is 1.10 bits per heavy atom. The highest BCUT2D eigenvalue weighted by atomic mass is 16.2. The Morgan fingerprint density at radius 3 is 2.62 bits per heavy atom. The van der Waals surface area contributed by atoms with E-state index >= 15 is 0 Å². The molecular formula is C15H26N4O2. The van der Waals surface area contributed by atoms with Gasteiger partial charge in [-0.05, 0) is 25.7 Å². The molecule has 3 rings (SSSR count). The first kappa shape index (κ1) is 14.5. The summed E-state index contributed by atoms with van der Waals surface area (Å²) in [6, 6.07) is 0.612. The number of likely N-dealkylation sites (tertiary alicyclic amines) is 1. The van der Waals surface area contributed by atoms with Gasteiger partial charge in [-0.3, -0.25) is 0 Å². The van der Waals surface area contributed by atoms with E-state index in [1.54, 1.807) is 0 Å². The Hall–Kier alpha value is -1.46. The molecule has 0 aromatic carbocycles. The molecule has 3 fully saturated rings. The van der Waals surface area contributed by atoms with Crippen LogP contribution in [0.1, 0.15) is 44.9 Å². The van der Waals surface area contributed by atoms with E-state index in [-0.39, 0.29) is 18.1 Å². The fourth-order valence-corrected chi connectivity index (χ4v) is 3.74. The average Bonchev–Trinajstić information content (AvgIpc) is 2.94. The topological polar surface area (TPSA) is 64.7 Å². The predicted molar refractivity (Wildman–Crippen MR) is 80.1 cm³/mol. The lowest BCUT2D eigenvalue weighted by Crippen LogP contribution is -2.54. The number of hydrogen-bond donors (Lipinski definition) is 2. The van der Waals surface area contributed by atoms with Gasteiger partial charge in [-0.2, -0.15) is 0 Å². The van der Waals surface area contributed by atoms with Crippen molar-refractivity contribution in [3.8, 4) is 0 Å². The van der Waals surface area contributed by atoms with Gasteiger partial charge >= 0.3 is 12.1 Å². The van der Waals surface area contributed by atoms with Gasteiger partial charge in [0.05, 0.1) is 6.04 Å². The van der Waals surface area contributed by atoms with Gasteiger partial charge in [0, 0.05) is 32.2 Å². The Kier molecular flexibility index (Phi) is 4.51. The minimum absolute atomic E-state index is 0.0227. The number of nitrogens with one attached hydrogen (secondary N) is 2. The van der Waals surface area contributed by atoms with Crippen molar-refractivity contribution in [2.75, 3.05) is 26.2 Å². The first-order valence-electron chi connectivity index (χ1n) is 8.34. The number of piperidine rings is 1. The summed E-state index contributed by atoms with van der Waals surface area (Å²) in [5.74, 6) is 0. The molecule has 118 valence electrons. The fourth-order valence-electron chi connectivity index (χ4n) is 3.74. The Morgan fingerprint density at radius 2 is 1.90 bits per heavy atom. The number of carbonyl (C=O) groups excluding carboxylic acids is 2. The number of carbonyl (C=O) groups is 2. The summed E-state index contributed by atoms with van der Waals surface area (Å²) in [4.78, 5) is 28.0. The van der Waals surface area contributed by atoms with Gasteiger partial charge in [0.15, 0.2) is 0 Å².